The first-order valence-corrected chi connectivity index (χ1v) is 7.65. The number of hydrogen-bond acceptors (Lipinski definition) is 3. The number of nitrogens with zero attached hydrogens (tertiary/aromatic N) is 2. The van der Waals surface area contributed by atoms with Gasteiger partial charge >= 0.3 is 0 Å². The van der Waals surface area contributed by atoms with Gasteiger partial charge in [0, 0.05) is 43.7 Å². The molecule has 2 fully saturated rings. The van der Waals surface area contributed by atoms with E-state index in [1.165, 1.54) is 24.6 Å². The van der Waals surface area contributed by atoms with Gasteiger partial charge in [-0.1, -0.05) is 0 Å². The molecule has 92 valence electrons. The van der Waals surface area contributed by atoms with Crippen LogP contribution in [0.2, 0.25) is 0 Å². The quantitative estimate of drug-likeness (QED) is 0.701. The van der Waals surface area contributed by atoms with Gasteiger partial charge in [0.05, 0.1) is 0 Å². The lowest BCUT2D eigenvalue weighted by atomic mass is 10.0. The Morgan fingerprint density at radius 3 is 2.38 bits per heavy atom. The first-order valence-electron chi connectivity index (χ1n) is 5.97. The van der Waals surface area contributed by atoms with Gasteiger partial charge < -0.3 is 4.90 Å². The Kier molecular flexibility index (Phi) is 4.79. The van der Waals surface area contributed by atoms with Crippen LogP contribution in [-0.2, 0) is 4.79 Å². The number of carbonyl (C=O) groups is 1. The maximum Gasteiger partial charge on any atom is 0.237 e. The monoisotopic (exact) mass is 262 g/mol. The standard InChI is InChI=1S/C11H19ClN2OS/c12-9-11(15)14-3-1-10(2-4-14)13-5-7-16-8-6-13/h10H,1-9H2. The average molecular weight is 263 g/mol. The Hall–Kier alpha value is 0.0700. The van der Waals surface area contributed by atoms with Gasteiger partial charge in [0.25, 0.3) is 0 Å². The number of piperidine rings is 1. The summed E-state index contributed by atoms with van der Waals surface area (Å²) in [5, 5.41) is 0. The summed E-state index contributed by atoms with van der Waals surface area (Å²) in [7, 11) is 0. The molecular weight excluding hydrogens is 244 g/mol. The van der Waals surface area contributed by atoms with Crippen LogP contribution in [0, 0.1) is 0 Å². The lowest BCUT2D eigenvalue weighted by Crippen LogP contribution is -2.49. The van der Waals surface area contributed by atoms with Gasteiger partial charge in [-0.2, -0.15) is 11.8 Å². The molecule has 2 aliphatic heterocycles. The third-order valence-corrected chi connectivity index (χ3v) is 4.66. The van der Waals surface area contributed by atoms with Crippen molar-refractivity contribution in [1.82, 2.24) is 9.80 Å². The van der Waals surface area contributed by atoms with E-state index in [4.69, 9.17) is 11.6 Å². The zero-order valence-electron chi connectivity index (χ0n) is 9.53. The summed E-state index contributed by atoms with van der Waals surface area (Å²) in [5.74, 6) is 2.75. The highest BCUT2D eigenvalue weighted by atomic mass is 35.5. The number of halogens is 1. The van der Waals surface area contributed by atoms with Gasteiger partial charge in [-0.3, -0.25) is 9.69 Å². The summed E-state index contributed by atoms with van der Waals surface area (Å²) in [5.41, 5.74) is 0. The SMILES string of the molecule is O=C(CCl)N1CCC(N2CCSCC2)CC1. The van der Waals surface area contributed by atoms with Crippen LogP contribution in [-0.4, -0.2) is 65.3 Å². The van der Waals surface area contributed by atoms with Crippen molar-refractivity contribution >= 4 is 29.3 Å². The van der Waals surface area contributed by atoms with Crippen LogP contribution >= 0.6 is 23.4 Å². The molecule has 3 nitrogen and oxygen atoms in total. The average Bonchev–Trinajstić information content (AvgIpc) is 2.39. The van der Waals surface area contributed by atoms with E-state index in [2.05, 4.69) is 4.90 Å². The number of thioether (sulfide) groups is 1. The fourth-order valence-electron chi connectivity index (χ4n) is 2.51. The molecule has 2 saturated heterocycles. The number of carbonyl (C=O) groups excluding carboxylic acids is 1. The summed E-state index contributed by atoms with van der Waals surface area (Å²) in [6.45, 7) is 4.22. The summed E-state index contributed by atoms with van der Waals surface area (Å²) in [6.07, 6.45) is 2.24. The minimum Gasteiger partial charge on any atom is -0.342 e. The number of amides is 1. The molecule has 16 heavy (non-hydrogen) atoms. The van der Waals surface area contributed by atoms with Gasteiger partial charge in [0.15, 0.2) is 0 Å². The Balaban J connectivity index is 1.78. The zero-order chi connectivity index (χ0) is 11.4. The van der Waals surface area contributed by atoms with Gasteiger partial charge in [-0.25, -0.2) is 0 Å². The molecular formula is C11H19ClN2OS. The van der Waals surface area contributed by atoms with Crippen molar-refractivity contribution in [3.8, 4) is 0 Å². The zero-order valence-corrected chi connectivity index (χ0v) is 11.1. The molecule has 2 aliphatic rings. The first-order chi connectivity index (χ1) is 7.81. The fourth-order valence-corrected chi connectivity index (χ4v) is 3.61. The van der Waals surface area contributed by atoms with E-state index in [9.17, 15) is 4.79 Å². The van der Waals surface area contributed by atoms with E-state index < -0.39 is 0 Å². The third kappa shape index (κ3) is 3.05. The molecule has 0 unspecified atom stereocenters. The van der Waals surface area contributed by atoms with Crippen LogP contribution in [0.5, 0.6) is 0 Å². The molecule has 2 rings (SSSR count). The highest BCUT2D eigenvalue weighted by Gasteiger charge is 2.27. The van der Waals surface area contributed by atoms with Crippen molar-refractivity contribution in [2.24, 2.45) is 0 Å². The van der Waals surface area contributed by atoms with E-state index in [0.717, 1.165) is 25.9 Å². The Bertz CT molecular complexity index is 238. The molecule has 0 aromatic heterocycles. The van der Waals surface area contributed by atoms with Crippen molar-refractivity contribution < 1.29 is 4.79 Å². The van der Waals surface area contributed by atoms with E-state index in [1.54, 1.807) is 0 Å². The Morgan fingerprint density at radius 2 is 1.81 bits per heavy atom. The van der Waals surface area contributed by atoms with E-state index in [0.29, 0.717) is 6.04 Å². The minimum atomic E-state index is 0.0920. The van der Waals surface area contributed by atoms with Crippen LogP contribution in [0.1, 0.15) is 12.8 Å². The molecule has 0 bridgehead atoms. The highest BCUT2D eigenvalue weighted by Crippen LogP contribution is 2.20. The van der Waals surface area contributed by atoms with E-state index in [-0.39, 0.29) is 11.8 Å². The Morgan fingerprint density at radius 1 is 1.19 bits per heavy atom. The van der Waals surface area contributed by atoms with Crippen molar-refractivity contribution in [1.29, 1.82) is 0 Å². The molecule has 0 N–H and O–H groups in total. The molecule has 0 aromatic rings. The summed E-state index contributed by atoms with van der Waals surface area (Å²) >= 11 is 7.61. The van der Waals surface area contributed by atoms with Crippen LogP contribution in [0.4, 0.5) is 0 Å². The fraction of sp³-hybridized carbons (Fsp3) is 0.909. The second-order valence-electron chi connectivity index (χ2n) is 4.39. The van der Waals surface area contributed by atoms with E-state index in [1.807, 2.05) is 16.7 Å². The highest BCUT2D eigenvalue weighted by molar-refractivity contribution is 7.99. The molecule has 0 aliphatic carbocycles. The van der Waals surface area contributed by atoms with Gasteiger partial charge in [0.1, 0.15) is 5.88 Å². The van der Waals surface area contributed by atoms with Crippen LogP contribution in [0.3, 0.4) is 0 Å². The lowest BCUT2D eigenvalue weighted by molar-refractivity contribution is -0.130. The lowest BCUT2D eigenvalue weighted by Gasteiger charge is -2.39. The number of likely N-dealkylation sites (tertiary alicyclic amines) is 1. The topological polar surface area (TPSA) is 23.6 Å². The number of alkyl halides is 1. The molecule has 0 aromatic carbocycles. The normalized spacial score (nSPS) is 24.7. The second-order valence-corrected chi connectivity index (χ2v) is 5.89. The van der Waals surface area contributed by atoms with Crippen molar-refractivity contribution in [2.45, 2.75) is 18.9 Å². The molecule has 2 heterocycles. The van der Waals surface area contributed by atoms with Crippen LogP contribution in [0.15, 0.2) is 0 Å². The van der Waals surface area contributed by atoms with Crippen LogP contribution in [0.25, 0.3) is 0 Å². The maximum absolute atomic E-state index is 11.4. The van der Waals surface area contributed by atoms with Crippen molar-refractivity contribution in [2.75, 3.05) is 43.6 Å². The summed E-state index contributed by atoms with van der Waals surface area (Å²) < 4.78 is 0. The summed E-state index contributed by atoms with van der Waals surface area (Å²) in [4.78, 5) is 15.9. The number of hydrogen-bond donors (Lipinski definition) is 0. The number of rotatable bonds is 2. The molecule has 5 heteroatoms. The van der Waals surface area contributed by atoms with Gasteiger partial charge in [-0.05, 0) is 12.8 Å². The molecule has 0 saturated carbocycles. The minimum absolute atomic E-state index is 0.0920. The molecule has 0 radical (unpaired) electrons. The van der Waals surface area contributed by atoms with Gasteiger partial charge in [-0.15, -0.1) is 11.6 Å². The largest absolute Gasteiger partial charge is 0.342 e. The predicted octanol–water partition coefficient (Wildman–Crippen LogP) is 1.27. The molecule has 0 atom stereocenters. The first kappa shape index (κ1) is 12.5. The Labute approximate surface area is 106 Å². The van der Waals surface area contributed by atoms with Gasteiger partial charge in [0.2, 0.25) is 5.91 Å². The maximum atomic E-state index is 11.4. The summed E-state index contributed by atoms with van der Waals surface area (Å²) in [6, 6.07) is 0.695. The second kappa shape index (κ2) is 6.12. The van der Waals surface area contributed by atoms with E-state index >= 15 is 0 Å². The molecule has 0 spiro atoms. The third-order valence-electron chi connectivity index (χ3n) is 3.49. The smallest absolute Gasteiger partial charge is 0.237 e. The van der Waals surface area contributed by atoms with Crippen molar-refractivity contribution in [3.63, 3.8) is 0 Å². The van der Waals surface area contributed by atoms with Crippen molar-refractivity contribution in [3.05, 3.63) is 0 Å². The predicted molar refractivity (Wildman–Crippen MR) is 69.2 cm³/mol. The molecule has 1 amide bonds. The van der Waals surface area contributed by atoms with Crippen LogP contribution < -0.4 is 0 Å².